The third-order valence-electron chi connectivity index (χ3n) is 6.32. The lowest BCUT2D eigenvalue weighted by molar-refractivity contribution is -0.147. The number of hydrogen-bond acceptors (Lipinski definition) is 4. The van der Waals surface area contributed by atoms with Crippen molar-refractivity contribution in [2.75, 3.05) is 38.2 Å². The molecule has 0 spiro atoms. The fourth-order valence-corrected chi connectivity index (χ4v) is 4.84. The molecule has 1 aliphatic carbocycles. The normalized spacial score (nSPS) is 28.1. The average Bonchev–Trinajstić information content (AvgIpc) is 2.69. The van der Waals surface area contributed by atoms with Crippen molar-refractivity contribution in [2.24, 2.45) is 11.8 Å². The van der Waals surface area contributed by atoms with Crippen molar-refractivity contribution in [3.8, 4) is 5.75 Å². The Morgan fingerprint density at radius 2 is 1.93 bits per heavy atom. The van der Waals surface area contributed by atoms with E-state index in [1.165, 1.54) is 32.4 Å². The summed E-state index contributed by atoms with van der Waals surface area (Å²) in [5.41, 5.74) is 0.109. The molecular formula is C24H38N2O3. The van der Waals surface area contributed by atoms with Gasteiger partial charge in [0.25, 0.3) is 5.91 Å². The van der Waals surface area contributed by atoms with Gasteiger partial charge in [0.2, 0.25) is 0 Å². The van der Waals surface area contributed by atoms with Crippen LogP contribution in [0, 0.1) is 11.8 Å². The summed E-state index contributed by atoms with van der Waals surface area (Å²) in [5.74, 6) is 2.14. The number of amides is 1. The molecule has 1 N–H and O–H groups in total. The number of ether oxygens (including phenoxy) is 2. The number of anilines is 1. The van der Waals surface area contributed by atoms with Crippen LogP contribution >= 0.6 is 0 Å². The molecule has 5 nitrogen and oxygen atoms in total. The molecule has 5 heteroatoms. The molecule has 2 fully saturated rings. The van der Waals surface area contributed by atoms with E-state index in [0.717, 1.165) is 43.2 Å². The van der Waals surface area contributed by atoms with Crippen LogP contribution in [0.2, 0.25) is 0 Å². The highest BCUT2D eigenvalue weighted by atomic mass is 16.5. The SMILES string of the molecule is CCO[C@@]1(C(=O)Nc2ccc(OCCN3CCC[C@@H](C)C3)cc2)CCC[C@@H](C)C1. The molecule has 1 aromatic rings. The second-order valence-electron chi connectivity index (χ2n) is 9.00. The zero-order valence-electron chi connectivity index (χ0n) is 18.4. The summed E-state index contributed by atoms with van der Waals surface area (Å²) in [5, 5.41) is 3.07. The largest absolute Gasteiger partial charge is 0.492 e. The van der Waals surface area contributed by atoms with Crippen LogP contribution in [0.15, 0.2) is 24.3 Å². The third kappa shape index (κ3) is 6.19. The fraction of sp³-hybridized carbons (Fsp3) is 0.708. The number of carbonyl (C=O) groups is 1. The Kier molecular flexibility index (Phi) is 7.96. The summed E-state index contributed by atoms with van der Waals surface area (Å²) in [6, 6.07) is 7.71. The summed E-state index contributed by atoms with van der Waals surface area (Å²) in [7, 11) is 0. The van der Waals surface area contributed by atoms with Crippen LogP contribution in [0.25, 0.3) is 0 Å². The minimum Gasteiger partial charge on any atom is -0.492 e. The maximum atomic E-state index is 13.0. The summed E-state index contributed by atoms with van der Waals surface area (Å²) in [6.45, 7) is 11.1. The molecule has 162 valence electrons. The number of benzene rings is 1. The Morgan fingerprint density at radius 3 is 2.62 bits per heavy atom. The summed E-state index contributed by atoms with van der Waals surface area (Å²) in [6.07, 6.45) is 6.43. The maximum Gasteiger partial charge on any atom is 0.256 e. The van der Waals surface area contributed by atoms with Crippen molar-refractivity contribution in [1.82, 2.24) is 4.90 Å². The quantitative estimate of drug-likeness (QED) is 0.683. The first-order chi connectivity index (χ1) is 14.0. The highest BCUT2D eigenvalue weighted by Crippen LogP contribution is 2.36. The highest BCUT2D eigenvalue weighted by molar-refractivity contribution is 5.97. The number of likely N-dealkylation sites (tertiary alicyclic amines) is 1. The second kappa shape index (κ2) is 10.4. The van der Waals surface area contributed by atoms with Gasteiger partial charge in [-0.2, -0.15) is 0 Å². The van der Waals surface area contributed by atoms with Gasteiger partial charge in [-0.3, -0.25) is 9.69 Å². The van der Waals surface area contributed by atoms with E-state index in [1.807, 2.05) is 31.2 Å². The highest BCUT2D eigenvalue weighted by Gasteiger charge is 2.42. The molecule has 1 aliphatic heterocycles. The predicted molar refractivity (Wildman–Crippen MR) is 117 cm³/mol. The van der Waals surface area contributed by atoms with Crippen LogP contribution in [-0.2, 0) is 9.53 Å². The first-order valence-corrected chi connectivity index (χ1v) is 11.4. The lowest BCUT2D eigenvalue weighted by Gasteiger charge is -2.38. The molecule has 1 amide bonds. The van der Waals surface area contributed by atoms with E-state index in [-0.39, 0.29) is 5.91 Å². The fourth-order valence-electron chi connectivity index (χ4n) is 4.84. The average molecular weight is 403 g/mol. The second-order valence-corrected chi connectivity index (χ2v) is 9.00. The van der Waals surface area contributed by atoms with Gasteiger partial charge in [0.05, 0.1) is 0 Å². The first kappa shape index (κ1) is 22.1. The number of hydrogen-bond donors (Lipinski definition) is 1. The van der Waals surface area contributed by atoms with Gasteiger partial charge in [0.1, 0.15) is 18.0 Å². The van der Waals surface area contributed by atoms with Gasteiger partial charge in [-0.1, -0.05) is 20.3 Å². The molecule has 0 aromatic heterocycles. The van der Waals surface area contributed by atoms with E-state index in [2.05, 4.69) is 24.1 Å². The van der Waals surface area contributed by atoms with Crippen molar-refractivity contribution in [3.05, 3.63) is 24.3 Å². The Bertz CT molecular complexity index is 644. The molecule has 1 saturated carbocycles. The van der Waals surface area contributed by atoms with Gasteiger partial charge in [0, 0.05) is 25.4 Å². The lowest BCUT2D eigenvalue weighted by atomic mass is 9.78. The van der Waals surface area contributed by atoms with Crippen LogP contribution < -0.4 is 10.1 Å². The zero-order valence-corrected chi connectivity index (χ0v) is 18.4. The Labute approximate surface area is 176 Å². The zero-order chi connectivity index (χ0) is 20.7. The predicted octanol–water partition coefficient (Wildman–Crippen LogP) is 4.72. The summed E-state index contributed by atoms with van der Waals surface area (Å²) < 4.78 is 11.9. The summed E-state index contributed by atoms with van der Waals surface area (Å²) in [4.78, 5) is 15.5. The van der Waals surface area contributed by atoms with Crippen molar-refractivity contribution in [1.29, 1.82) is 0 Å². The first-order valence-electron chi connectivity index (χ1n) is 11.4. The topological polar surface area (TPSA) is 50.8 Å². The standard InChI is InChI=1S/C24H38N2O3/c1-4-29-24(13-5-7-19(2)17-24)23(27)25-21-9-11-22(12-10-21)28-16-15-26-14-6-8-20(3)18-26/h9-12,19-20H,4-8,13-18H2,1-3H3,(H,25,27)/t19-,20-,24+/m1/s1. The van der Waals surface area contributed by atoms with Gasteiger partial charge in [-0.05, 0) is 81.7 Å². The Morgan fingerprint density at radius 1 is 1.17 bits per heavy atom. The van der Waals surface area contributed by atoms with Gasteiger partial charge >= 0.3 is 0 Å². The number of carbonyl (C=O) groups excluding carboxylic acids is 1. The molecule has 2 aliphatic rings. The molecule has 1 aromatic carbocycles. The number of nitrogens with zero attached hydrogens (tertiary/aromatic N) is 1. The number of piperidine rings is 1. The molecule has 1 saturated heterocycles. The molecule has 0 unspecified atom stereocenters. The maximum absolute atomic E-state index is 13.0. The van der Waals surface area contributed by atoms with E-state index in [4.69, 9.17) is 9.47 Å². The van der Waals surface area contributed by atoms with Crippen LogP contribution in [0.1, 0.15) is 59.3 Å². The van der Waals surface area contributed by atoms with E-state index in [0.29, 0.717) is 19.1 Å². The lowest BCUT2D eigenvalue weighted by Crippen LogP contribution is -2.48. The molecule has 3 atom stereocenters. The van der Waals surface area contributed by atoms with Crippen molar-refractivity contribution in [2.45, 2.75) is 64.9 Å². The van der Waals surface area contributed by atoms with Gasteiger partial charge < -0.3 is 14.8 Å². The minimum absolute atomic E-state index is 0.0150. The van der Waals surface area contributed by atoms with Gasteiger partial charge in [-0.15, -0.1) is 0 Å². The number of rotatable bonds is 8. The monoisotopic (exact) mass is 402 g/mol. The molecule has 29 heavy (non-hydrogen) atoms. The van der Waals surface area contributed by atoms with Crippen LogP contribution in [-0.4, -0.2) is 49.3 Å². The molecule has 0 radical (unpaired) electrons. The minimum atomic E-state index is -0.687. The molecule has 3 rings (SSSR count). The smallest absolute Gasteiger partial charge is 0.256 e. The Balaban J connectivity index is 1.49. The van der Waals surface area contributed by atoms with E-state index in [1.54, 1.807) is 0 Å². The van der Waals surface area contributed by atoms with Crippen molar-refractivity contribution >= 4 is 11.6 Å². The molecule has 0 bridgehead atoms. The van der Waals surface area contributed by atoms with E-state index < -0.39 is 5.60 Å². The van der Waals surface area contributed by atoms with Crippen LogP contribution in [0.5, 0.6) is 5.75 Å². The van der Waals surface area contributed by atoms with E-state index >= 15 is 0 Å². The van der Waals surface area contributed by atoms with Crippen LogP contribution in [0.3, 0.4) is 0 Å². The van der Waals surface area contributed by atoms with Crippen molar-refractivity contribution in [3.63, 3.8) is 0 Å². The van der Waals surface area contributed by atoms with Crippen LogP contribution in [0.4, 0.5) is 5.69 Å². The van der Waals surface area contributed by atoms with Gasteiger partial charge in [-0.25, -0.2) is 0 Å². The molecule has 1 heterocycles. The third-order valence-corrected chi connectivity index (χ3v) is 6.32. The number of nitrogens with one attached hydrogen (secondary N) is 1. The summed E-state index contributed by atoms with van der Waals surface area (Å²) >= 11 is 0. The van der Waals surface area contributed by atoms with Gasteiger partial charge in [0.15, 0.2) is 0 Å². The Hall–Kier alpha value is -1.59. The van der Waals surface area contributed by atoms with E-state index in [9.17, 15) is 4.79 Å². The molecular weight excluding hydrogens is 364 g/mol. The van der Waals surface area contributed by atoms with Crippen molar-refractivity contribution < 1.29 is 14.3 Å².